The van der Waals surface area contributed by atoms with Crippen LogP contribution in [0.5, 0.6) is 0 Å². The lowest BCUT2D eigenvalue weighted by molar-refractivity contribution is -0.141. The van der Waals surface area contributed by atoms with Crippen molar-refractivity contribution in [3.63, 3.8) is 0 Å². The fraction of sp³-hybridized carbons (Fsp3) is 0.160. The second-order valence-electron chi connectivity index (χ2n) is 7.86. The molecule has 0 bridgehead atoms. The molecule has 2 aromatic carbocycles. The minimum absolute atomic E-state index is 0.0221. The topological polar surface area (TPSA) is 81.1 Å². The Kier molecular flexibility index (Phi) is 5.68. The number of rotatable bonds is 6. The quantitative estimate of drug-likeness (QED) is 0.270. The zero-order valence-corrected chi connectivity index (χ0v) is 19.1. The van der Waals surface area contributed by atoms with E-state index in [1.807, 2.05) is 0 Å². The maximum atomic E-state index is 13.8. The summed E-state index contributed by atoms with van der Waals surface area (Å²) in [5.41, 5.74) is 1.77. The number of nitrogens with zero attached hydrogens (tertiary/aromatic N) is 3. The van der Waals surface area contributed by atoms with Crippen LogP contribution in [0.25, 0.3) is 44.2 Å². The molecule has 0 aliphatic rings. The number of aromatic nitrogens is 3. The zero-order chi connectivity index (χ0) is 24.7. The van der Waals surface area contributed by atoms with Crippen LogP contribution in [0.15, 0.2) is 71.4 Å². The third kappa shape index (κ3) is 4.10. The first-order chi connectivity index (χ1) is 16.8. The summed E-state index contributed by atoms with van der Waals surface area (Å²) in [6.45, 7) is 1.79. The molecule has 10 heteroatoms. The highest BCUT2D eigenvalue weighted by molar-refractivity contribution is 7.16. The number of benzene rings is 2. The lowest BCUT2D eigenvalue weighted by atomic mass is 10.1. The Bertz CT molecular complexity index is 1520. The van der Waals surface area contributed by atoms with Crippen molar-refractivity contribution in [3.8, 4) is 33.3 Å². The summed E-state index contributed by atoms with van der Waals surface area (Å²) in [6.07, 6.45) is -2.44. The van der Waals surface area contributed by atoms with E-state index < -0.39 is 23.1 Å². The van der Waals surface area contributed by atoms with Gasteiger partial charge in [0.1, 0.15) is 10.9 Å². The first kappa shape index (κ1) is 22.9. The van der Waals surface area contributed by atoms with Gasteiger partial charge in [0, 0.05) is 28.2 Å². The molecule has 1 atom stereocenters. The van der Waals surface area contributed by atoms with Gasteiger partial charge in [-0.25, -0.2) is 4.79 Å². The summed E-state index contributed by atoms with van der Waals surface area (Å²) in [5, 5.41) is 14.3. The fourth-order valence-electron chi connectivity index (χ4n) is 4.12. The lowest BCUT2D eigenvalue weighted by Gasteiger charge is -2.13. The molecule has 5 aromatic rings. The van der Waals surface area contributed by atoms with Gasteiger partial charge in [-0.2, -0.15) is 18.2 Å². The van der Waals surface area contributed by atoms with Crippen LogP contribution in [0.4, 0.5) is 13.2 Å². The van der Waals surface area contributed by atoms with Crippen LogP contribution in [0.2, 0.25) is 0 Å². The molecule has 3 aromatic heterocycles. The molecule has 178 valence electrons. The molecule has 5 rings (SSSR count). The SMILES string of the molecule is CCC(C(=O)O)n1ccc2c(-c3noc(-c4cc(-c5ccccc5)c(C(F)(F)F)s4)n3)cccc21. The summed E-state index contributed by atoms with van der Waals surface area (Å²) in [6, 6.07) is 16.1. The Morgan fingerprint density at radius 3 is 2.57 bits per heavy atom. The van der Waals surface area contributed by atoms with E-state index in [1.165, 1.54) is 6.07 Å². The number of hydrogen-bond donors (Lipinski definition) is 1. The van der Waals surface area contributed by atoms with Crippen LogP contribution in [0.3, 0.4) is 0 Å². The van der Waals surface area contributed by atoms with Crippen molar-refractivity contribution in [1.29, 1.82) is 0 Å². The standard InChI is InChI=1S/C25H18F3N3O3S/c1-2-18(24(32)33)31-12-11-15-16(9-6-10-19(15)31)22-29-23(34-30-22)20-13-17(14-7-4-3-5-8-14)21(35-20)25(26,27)28/h3-13,18H,2H2,1H3,(H,32,33). The lowest BCUT2D eigenvalue weighted by Crippen LogP contribution is -2.17. The normalized spacial score (nSPS) is 12.8. The van der Waals surface area contributed by atoms with Crippen LogP contribution in [-0.2, 0) is 11.0 Å². The van der Waals surface area contributed by atoms with Gasteiger partial charge < -0.3 is 14.2 Å². The molecule has 3 heterocycles. The first-order valence-corrected chi connectivity index (χ1v) is 11.5. The minimum atomic E-state index is -4.54. The summed E-state index contributed by atoms with van der Waals surface area (Å²) < 4.78 is 48.3. The number of hydrogen-bond acceptors (Lipinski definition) is 5. The van der Waals surface area contributed by atoms with Gasteiger partial charge >= 0.3 is 12.1 Å². The van der Waals surface area contributed by atoms with Crippen molar-refractivity contribution in [2.45, 2.75) is 25.6 Å². The van der Waals surface area contributed by atoms with E-state index in [-0.39, 0.29) is 22.2 Å². The van der Waals surface area contributed by atoms with Gasteiger partial charge in [-0.3, -0.25) is 0 Å². The molecule has 0 radical (unpaired) electrons. The van der Waals surface area contributed by atoms with Crippen LogP contribution in [0.1, 0.15) is 24.3 Å². The van der Waals surface area contributed by atoms with Gasteiger partial charge in [0.25, 0.3) is 5.89 Å². The Labute approximate surface area is 201 Å². The number of aliphatic carboxylic acids is 1. The van der Waals surface area contributed by atoms with Crippen molar-refractivity contribution < 1.29 is 27.6 Å². The average Bonchev–Trinajstić information content (AvgIpc) is 3.58. The Hall–Kier alpha value is -3.92. The first-order valence-electron chi connectivity index (χ1n) is 10.7. The third-order valence-electron chi connectivity index (χ3n) is 5.72. The average molecular weight is 497 g/mol. The van der Waals surface area contributed by atoms with Crippen molar-refractivity contribution >= 4 is 28.2 Å². The number of carboxylic acids is 1. The summed E-state index contributed by atoms with van der Waals surface area (Å²) in [7, 11) is 0. The number of alkyl halides is 3. The molecule has 0 amide bonds. The van der Waals surface area contributed by atoms with Crippen LogP contribution < -0.4 is 0 Å². The van der Waals surface area contributed by atoms with Crippen molar-refractivity contribution in [2.24, 2.45) is 0 Å². The Morgan fingerprint density at radius 2 is 1.89 bits per heavy atom. The largest absolute Gasteiger partial charge is 0.480 e. The molecular weight excluding hydrogens is 479 g/mol. The molecule has 35 heavy (non-hydrogen) atoms. The highest BCUT2D eigenvalue weighted by atomic mass is 32.1. The van der Waals surface area contributed by atoms with Crippen molar-refractivity contribution in [1.82, 2.24) is 14.7 Å². The third-order valence-corrected chi connectivity index (χ3v) is 6.89. The van der Waals surface area contributed by atoms with Gasteiger partial charge in [-0.05, 0) is 30.2 Å². The molecule has 0 aliphatic heterocycles. The Balaban J connectivity index is 1.57. The van der Waals surface area contributed by atoms with Crippen LogP contribution >= 0.6 is 11.3 Å². The monoisotopic (exact) mass is 497 g/mol. The van der Waals surface area contributed by atoms with E-state index in [1.54, 1.807) is 72.3 Å². The molecule has 1 unspecified atom stereocenters. The van der Waals surface area contributed by atoms with Crippen LogP contribution in [-0.4, -0.2) is 25.8 Å². The van der Waals surface area contributed by atoms with E-state index in [4.69, 9.17) is 4.52 Å². The molecule has 0 spiro atoms. The van der Waals surface area contributed by atoms with E-state index in [0.29, 0.717) is 39.8 Å². The van der Waals surface area contributed by atoms with Gasteiger partial charge in [0.2, 0.25) is 5.82 Å². The number of thiophene rings is 1. The maximum absolute atomic E-state index is 13.8. The predicted octanol–water partition coefficient (Wildman–Crippen LogP) is 7.14. The molecule has 6 nitrogen and oxygen atoms in total. The molecule has 0 saturated heterocycles. The smallest absolute Gasteiger partial charge is 0.426 e. The van der Waals surface area contributed by atoms with Gasteiger partial charge in [-0.15, -0.1) is 11.3 Å². The summed E-state index contributed by atoms with van der Waals surface area (Å²) >= 11 is 0.550. The highest BCUT2D eigenvalue weighted by Gasteiger charge is 2.37. The van der Waals surface area contributed by atoms with Crippen molar-refractivity contribution in [2.75, 3.05) is 0 Å². The van der Waals surface area contributed by atoms with E-state index in [9.17, 15) is 23.1 Å². The summed E-state index contributed by atoms with van der Waals surface area (Å²) in [4.78, 5) is 15.5. The molecule has 0 saturated carbocycles. The number of fused-ring (bicyclic) bond motifs is 1. The zero-order valence-electron chi connectivity index (χ0n) is 18.3. The number of carbonyl (C=O) groups is 1. The van der Waals surface area contributed by atoms with Crippen LogP contribution in [0, 0.1) is 0 Å². The van der Waals surface area contributed by atoms with Gasteiger partial charge in [0.05, 0.1) is 4.88 Å². The van der Waals surface area contributed by atoms with E-state index in [0.717, 1.165) is 0 Å². The van der Waals surface area contributed by atoms with Gasteiger partial charge in [0.15, 0.2) is 0 Å². The Morgan fingerprint density at radius 1 is 1.11 bits per heavy atom. The van der Waals surface area contributed by atoms with Crippen molar-refractivity contribution in [3.05, 3.63) is 71.7 Å². The van der Waals surface area contributed by atoms with E-state index in [2.05, 4.69) is 10.1 Å². The summed E-state index contributed by atoms with van der Waals surface area (Å²) in [5.74, 6) is -0.759. The maximum Gasteiger partial charge on any atom is 0.426 e. The predicted molar refractivity (Wildman–Crippen MR) is 126 cm³/mol. The second kappa shape index (κ2) is 8.70. The second-order valence-corrected chi connectivity index (χ2v) is 8.92. The molecular formula is C25H18F3N3O3S. The molecule has 1 N–H and O–H groups in total. The van der Waals surface area contributed by atoms with Gasteiger partial charge in [-0.1, -0.05) is 54.5 Å². The minimum Gasteiger partial charge on any atom is -0.480 e. The molecule has 0 fully saturated rings. The molecule has 0 aliphatic carbocycles. The fourth-order valence-corrected chi connectivity index (χ4v) is 5.09. The number of halogens is 3. The highest BCUT2D eigenvalue weighted by Crippen LogP contribution is 2.45. The number of carboxylic acid groups (broad SMARTS) is 1. The van der Waals surface area contributed by atoms with E-state index >= 15 is 0 Å².